The summed E-state index contributed by atoms with van der Waals surface area (Å²) in [5, 5.41) is 2.94. The van der Waals surface area contributed by atoms with Crippen LogP contribution in [0.3, 0.4) is 0 Å². The van der Waals surface area contributed by atoms with Crippen LogP contribution in [-0.2, 0) is 6.42 Å². The highest BCUT2D eigenvalue weighted by molar-refractivity contribution is 6.04. The van der Waals surface area contributed by atoms with Gasteiger partial charge in [-0.2, -0.15) is 0 Å². The zero-order chi connectivity index (χ0) is 21.1. The molecule has 0 bridgehead atoms. The molecule has 1 atom stereocenters. The molecule has 1 N–H and O–H groups in total. The van der Waals surface area contributed by atoms with E-state index in [1.54, 1.807) is 0 Å². The van der Waals surface area contributed by atoms with E-state index >= 15 is 0 Å². The number of nitrogens with zero attached hydrogens (tertiary/aromatic N) is 1. The number of carbonyl (C=O) groups is 1. The number of nitrogens with one attached hydrogen (secondary N) is 1. The van der Waals surface area contributed by atoms with Crippen LogP contribution in [0.15, 0.2) is 71.1 Å². The predicted molar refractivity (Wildman–Crippen MR) is 122 cm³/mol. The van der Waals surface area contributed by atoms with Gasteiger partial charge in [-0.15, -0.1) is 0 Å². The van der Waals surface area contributed by atoms with E-state index in [1.165, 1.54) is 11.1 Å². The summed E-state index contributed by atoms with van der Waals surface area (Å²) in [7, 11) is 0. The highest BCUT2D eigenvalue weighted by Gasteiger charge is 2.12. The van der Waals surface area contributed by atoms with Crippen molar-refractivity contribution < 1.29 is 9.21 Å². The van der Waals surface area contributed by atoms with Crippen molar-refractivity contribution in [1.29, 1.82) is 0 Å². The van der Waals surface area contributed by atoms with E-state index in [0.29, 0.717) is 17.4 Å². The van der Waals surface area contributed by atoms with Crippen LogP contribution in [0.1, 0.15) is 54.6 Å². The Morgan fingerprint density at radius 3 is 2.40 bits per heavy atom. The zero-order valence-electron chi connectivity index (χ0n) is 17.6. The molecule has 4 nitrogen and oxygen atoms in total. The van der Waals surface area contributed by atoms with Gasteiger partial charge < -0.3 is 9.73 Å². The normalized spacial score (nSPS) is 12.1. The Balaban J connectivity index is 1.50. The molecule has 0 saturated carbocycles. The molecule has 30 heavy (non-hydrogen) atoms. The van der Waals surface area contributed by atoms with Crippen molar-refractivity contribution in [2.45, 2.75) is 39.5 Å². The first-order chi connectivity index (χ1) is 14.6. The maximum atomic E-state index is 12.5. The molecule has 0 spiro atoms. The Bertz CT molecular complexity index is 1160. The number of anilines is 1. The van der Waals surface area contributed by atoms with Gasteiger partial charge >= 0.3 is 0 Å². The van der Waals surface area contributed by atoms with Crippen molar-refractivity contribution in [2.75, 3.05) is 5.32 Å². The number of aromatic nitrogens is 1. The second kappa shape index (κ2) is 8.54. The lowest BCUT2D eigenvalue weighted by Crippen LogP contribution is -2.11. The van der Waals surface area contributed by atoms with Crippen LogP contribution in [0.4, 0.5) is 5.69 Å². The standard InChI is InChI=1S/C26H26N2O2/c1-4-17(3)21-12-15-24-23(16-21)28-26(30-24)20-10-13-22(14-11-20)27-25(29)19-8-6-18(5-2)7-9-19/h6-17H,4-5H2,1-3H3,(H,27,29)/t17-/m1/s1. The number of hydrogen-bond acceptors (Lipinski definition) is 3. The smallest absolute Gasteiger partial charge is 0.255 e. The fourth-order valence-electron chi connectivity index (χ4n) is 3.40. The first-order valence-corrected chi connectivity index (χ1v) is 10.5. The lowest BCUT2D eigenvalue weighted by atomic mass is 9.98. The van der Waals surface area contributed by atoms with E-state index < -0.39 is 0 Å². The Kier molecular flexibility index (Phi) is 5.66. The number of benzene rings is 3. The Hall–Kier alpha value is -3.40. The average molecular weight is 399 g/mol. The van der Waals surface area contributed by atoms with Crippen molar-refractivity contribution in [3.8, 4) is 11.5 Å². The minimum absolute atomic E-state index is 0.121. The van der Waals surface area contributed by atoms with Gasteiger partial charge in [0.25, 0.3) is 5.91 Å². The van der Waals surface area contributed by atoms with Crippen molar-refractivity contribution >= 4 is 22.7 Å². The molecule has 4 heteroatoms. The second-order valence-corrected chi connectivity index (χ2v) is 7.64. The van der Waals surface area contributed by atoms with E-state index in [1.807, 2.05) is 54.6 Å². The average Bonchev–Trinajstić information content (AvgIpc) is 3.22. The lowest BCUT2D eigenvalue weighted by molar-refractivity contribution is 0.102. The molecule has 4 aromatic rings. The quantitative estimate of drug-likeness (QED) is 0.387. The number of rotatable bonds is 6. The third kappa shape index (κ3) is 4.13. The fraction of sp³-hybridized carbons (Fsp3) is 0.231. The van der Waals surface area contributed by atoms with Crippen molar-refractivity contribution in [3.63, 3.8) is 0 Å². The SMILES string of the molecule is CCc1ccc(C(=O)Nc2ccc(-c3nc4cc([C@H](C)CC)ccc4o3)cc2)cc1. The van der Waals surface area contributed by atoms with Gasteiger partial charge in [0.2, 0.25) is 5.89 Å². The maximum Gasteiger partial charge on any atom is 0.255 e. The van der Waals surface area contributed by atoms with Crippen LogP contribution >= 0.6 is 0 Å². The largest absolute Gasteiger partial charge is 0.436 e. The summed E-state index contributed by atoms with van der Waals surface area (Å²) in [4.78, 5) is 17.1. The highest BCUT2D eigenvalue weighted by Crippen LogP contribution is 2.28. The maximum absolute atomic E-state index is 12.5. The topological polar surface area (TPSA) is 55.1 Å². The predicted octanol–water partition coefficient (Wildman–Crippen LogP) is 6.82. The molecule has 1 aromatic heterocycles. The van der Waals surface area contributed by atoms with Crippen molar-refractivity contribution in [1.82, 2.24) is 4.98 Å². The van der Waals surface area contributed by atoms with Crippen LogP contribution in [0.2, 0.25) is 0 Å². The van der Waals surface area contributed by atoms with Crippen LogP contribution in [0.25, 0.3) is 22.6 Å². The highest BCUT2D eigenvalue weighted by atomic mass is 16.3. The van der Waals surface area contributed by atoms with E-state index in [0.717, 1.165) is 35.2 Å². The molecule has 0 aliphatic rings. The van der Waals surface area contributed by atoms with Gasteiger partial charge in [-0.05, 0) is 78.4 Å². The summed E-state index contributed by atoms with van der Waals surface area (Å²) in [6.45, 7) is 6.50. The summed E-state index contributed by atoms with van der Waals surface area (Å²) >= 11 is 0. The van der Waals surface area contributed by atoms with E-state index in [-0.39, 0.29) is 5.91 Å². The molecule has 0 fully saturated rings. The van der Waals surface area contributed by atoms with Crippen LogP contribution in [0, 0.1) is 0 Å². The summed E-state index contributed by atoms with van der Waals surface area (Å²) < 4.78 is 5.94. The number of hydrogen-bond donors (Lipinski definition) is 1. The van der Waals surface area contributed by atoms with Gasteiger partial charge in [-0.25, -0.2) is 4.98 Å². The summed E-state index contributed by atoms with van der Waals surface area (Å²) in [5.41, 5.74) is 6.40. The summed E-state index contributed by atoms with van der Waals surface area (Å²) in [6, 6.07) is 21.4. The molecule has 0 radical (unpaired) electrons. The molecule has 3 aromatic carbocycles. The number of aryl methyl sites for hydroxylation is 1. The summed E-state index contributed by atoms with van der Waals surface area (Å²) in [5.74, 6) is 0.958. The number of fused-ring (bicyclic) bond motifs is 1. The third-order valence-electron chi connectivity index (χ3n) is 5.61. The lowest BCUT2D eigenvalue weighted by Gasteiger charge is -2.07. The fourth-order valence-corrected chi connectivity index (χ4v) is 3.40. The first-order valence-electron chi connectivity index (χ1n) is 10.5. The van der Waals surface area contributed by atoms with Crippen LogP contribution in [0.5, 0.6) is 0 Å². The van der Waals surface area contributed by atoms with Gasteiger partial charge in [0.15, 0.2) is 5.58 Å². The Labute approximate surface area is 177 Å². The molecule has 4 rings (SSSR count). The van der Waals surface area contributed by atoms with Gasteiger partial charge in [-0.3, -0.25) is 4.79 Å². The van der Waals surface area contributed by atoms with Crippen LogP contribution < -0.4 is 5.32 Å². The molecule has 0 unspecified atom stereocenters. The molecule has 0 saturated heterocycles. The first kappa shape index (κ1) is 19.9. The second-order valence-electron chi connectivity index (χ2n) is 7.64. The van der Waals surface area contributed by atoms with Crippen molar-refractivity contribution in [3.05, 3.63) is 83.4 Å². The number of carbonyl (C=O) groups excluding carboxylic acids is 1. The van der Waals surface area contributed by atoms with E-state index in [9.17, 15) is 4.79 Å². The van der Waals surface area contributed by atoms with Crippen molar-refractivity contribution in [2.24, 2.45) is 0 Å². The van der Waals surface area contributed by atoms with Gasteiger partial charge in [0.05, 0.1) is 0 Å². The minimum atomic E-state index is -0.121. The third-order valence-corrected chi connectivity index (χ3v) is 5.61. The molecular formula is C26H26N2O2. The Morgan fingerprint density at radius 1 is 1.00 bits per heavy atom. The molecule has 0 aliphatic heterocycles. The molecule has 152 valence electrons. The van der Waals surface area contributed by atoms with E-state index in [2.05, 4.69) is 43.2 Å². The molecule has 1 heterocycles. The van der Waals surface area contributed by atoms with Crippen LogP contribution in [-0.4, -0.2) is 10.9 Å². The minimum Gasteiger partial charge on any atom is -0.436 e. The number of amides is 1. The molecule has 1 amide bonds. The zero-order valence-corrected chi connectivity index (χ0v) is 17.6. The van der Waals surface area contributed by atoms with Gasteiger partial charge in [-0.1, -0.05) is 39.0 Å². The summed E-state index contributed by atoms with van der Waals surface area (Å²) in [6.07, 6.45) is 2.05. The van der Waals surface area contributed by atoms with Gasteiger partial charge in [0, 0.05) is 16.8 Å². The van der Waals surface area contributed by atoms with E-state index in [4.69, 9.17) is 4.42 Å². The Morgan fingerprint density at radius 2 is 1.73 bits per heavy atom. The van der Waals surface area contributed by atoms with Gasteiger partial charge in [0.1, 0.15) is 5.52 Å². The molecular weight excluding hydrogens is 372 g/mol. The number of oxazole rings is 1. The monoisotopic (exact) mass is 398 g/mol. The molecule has 0 aliphatic carbocycles.